The van der Waals surface area contributed by atoms with E-state index in [9.17, 15) is 5.11 Å². The number of aliphatic hydroxyl groups excluding tert-OH is 1. The van der Waals surface area contributed by atoms with Gasteiger partial charge in [-0.05, 0) is 48.0 Å². The first-order chi connectivity index (χ1) is 10.2. The number of rotatable bonds is 4. The Kier molecular flexibility index (Phi) is 4.04. The fraction of sp³-hybridized carbons (Fsp3) is 0.118. The average molecular weight is 300 g/mol. The number of benzene rings is 2. The van der Waals surface area contributed by atoms with Gasteiger partial charge in [0.1, 0.15) is 18.5 Å². The summed E-state index contributed by atoms with van der Waals surface area (Å²) in [6.07, 6.45) is 1.06. The van der Waals surface area contributed by atoms with Crippen LogP contribution >= 0.6 is 11.6 Å². The number of hydrogen-bond donors (Lipinski definition) is 1. The van der Waals surface area contributed by atoms with Crippen LogP contribution in [0, 0.1) is 0 Å². The third kappa shape index (κ3) is 3.32. The van der Waals surface area contributed by atoms with Crippen molar-refractivity contribution in [3.63, 3.8) is 0 Å². The third-order valence-corrected chi connectivity index (χ3v) is 3.49. The minimum atomic E-state index is -0.690. The van der Waals surface area contributed by atoms with Crippen molar-refractivity contribution >= 4 is 22.5 Å². The van der Waals surface area contributed by atoms with Crippen LogP contribution in [0.25, 0.3) is 10.9 Å². The largest absolute Gasteiger partial charge is 0.491 e. The van der Waals surface area contributed by atoms with Crippen LogP contribution in [0.2, 0.25) is 5.02 Å². The van der Waals surface area contributed by atoms with Gasteiger partial charge in [-0.2, -0.15) is 0 Å². The van der Waals surface area contributed by atoms with Crippen molar-refractivity contribution < 1.29 is 9.84 Å². The molecule has 0 fully saturated rings. The molecular weight excluding hydrogens is 286 g/mol. The Labute approximate surface area is 127 Å². The SMILES string of the molecule is OC(COc1ccc(Cl)cc1)c1ccc2ncccc2c1. The molecular formula is C17H14ClNO2. The molecule has 1 atom stereocenters. The summed E-state index contributed by atoms with van der Waals surface area (Å²) in [5.74, 6) is 0.681. The van der Waals surface area contributed by atoms with E-state index in [-0.39, 0.29) is 6.61 Å². The summed E-state index contributed by atoms with van der Waals surface area (Å²) < 4.78 is 5.56. The Morgan fingerprint density at radius 3 is 2.71 bits per heavy atom. The highest BCUT2D eigenvalue weighted by molar-refractivity contribution is 6.30. The molecule has 0 saturated carbocycles. The summed E-state index contributed by atoms with van der Waals surface area (Å²) in [7, 11) is 0. The lowest BCUT2D eigenvalue weighted by molar-refractivity contribution is 0.108. The molecule has 0 aliphatic rings. The van der Waals surface area contributed by atoms with E-state index in [1.165, 1.54) is 0 Å². The van der Waals surface area contributed by atoms with Crippen molar-refractivity contribution in [2.75, 3.05) is 6.61 Å². The Bertz CT molecular complexity index is 743. The van der Waals surface area contributed by atoms with E-state index in [0.29, 0.717) is 10.8 Å². The third-order valence-electron chi connectivity index (χ3n) is 3.23. The molecule has 3 aromatic rings. The van der Waals surface area contributed by atoms with Gasteiger partial charge in [-0.25, -0.2) is 0 Å². The van der Waals surface area contributed by atoms with Crippen LogP contribution < -0.4 is 4.74 Å². The van der Waals surface area contributed by atoms with Crippen molar-refractivity contribution in [1.82, 2.24) is 4.98 Å². The number of halogens is 1. The first kappa shape index (κ1) is 13.9. The molecule has 2 aromatic carbocycles. The molecule has 21 heavy (non-hydrogen) atoms. The van der Waals surface area contributed by atoms with Crippen molar-refractivity contribution in [2.24, 2.45) is 0 Å². The predicted molar refractivity (Wildman–Crippen MR) is 83.6 cm³/mol. The Hall–Kier alpha value is -2.10. The molecule has 106 valence electrons. The van der Waals surface area contributed by atoms with Gasteiger partial charge in [0, 0.05) is 16.6 Å². The molecule has 1 aromatic heterocycles. The van der Waals surface area contributed by atoms with E-state index in [2.05, 4.69) is 4.98 Å². The number of fused-ring (bicyclic) bond motifs is 1. The van der Waals surface area contributed by atoms with Crippen LogP contribution in [0.1, 0.15) is 11.7 Å². The molecule has 0 amide bonds. The molecule has 4 heteroatoms. The van der Waals surface area contributed by atoms with Gasteiger partial charge in [0.15, 0.2) is 0 Å². The number of nitrogens with zero attached hydrogens (tertiary/aromatic N) is 1. The first-order valence-corrected chi connectivity index (χ1v) is 7.01. The van der Waals surface area contributed by atoms with Crippen molar-refractivity contribution in [3.05, 3.63) is 71.4 Å². The second-order valence-electron chi connectivity index (χ2n) is 4.74. The van der Waals surface area contributed by atoms with Crippen molar-refractivity contribution in [1.29, 1.82) is 0 Å². The minimum absolute atomic E-state index is 0.188. The maximum atomic E-state index is 10.2. The van der Waals surface area contributed by atoms with Crippen LogP contribution in [0.5, 0.6) is 5.75 Å². The topological polar surface area (TPSA) is 42.4 Å². The lowest BCUT2D eigenvalue weighted by Crippen LogP contribution is -2.09. The number of aromatic nitrogens is 1. The summed E-state index contributed by atoms with van der Waals surface area (Å²) in [6, 6.07) is 16.6. The molecule has 0 saturated heterocycles. The van der Waals surface area contributed by atoms with Gasteiger partial charge >= 0.3 is 0 Å². The van der Waals surface area contributed by atoms with Gasteiger partial charge in [-0.15, -0.1) is 0 Å². The minimum Gasteiger partial charge on any atom is -0.491 e. The summed E-state index contributed by atoms with van der Waals surface area (Å²) in [6.45, 7) is 0.188. The number of pyridine rings is 1. The zero-order valence-corrected chi connectivity index (χ0v) is 12.0. The zero-order chi connectivity index (χ0) is 14.7. The number of ether oxygens (including phenoxy) is 1. The highest BCUT2D eigenvalue weighted by Gasteiger charge is 2.09. The normalized spacial score (nSPS) is 12.3. The summed E-state index contributed by atoms with van der Waals surface area (Å²) in [5, 5.41) is 11.9. The van der Waals surface area contributed by atoms with Crippen LogP contribution in [0.3, 0.4) is 0 Å². The fourth-order valence-electron chi connectivity index (χ4n) is 2.10. The summed E-state index contributed by atoms with van der Waals surface area (Å²) >= 11 is 5.81. The monoisotopic (exact) mass is 299 g/mol. The van der Waals surface area contributed by atoms with E-state index in [0.717, 1.165) is 16.5 Å². The van der Waals surface area contributed by atoms with Gasteiger partial charge in [-0.3, -0.25) is 4.98 Å². The molecule has 1 N–H and O–H groups in total. The Morgan fingerprint density at radius 1 is 1.10 bits per heavy atom. The van der Waals surface area contributed by atoms with Gasteiger partial charge < -0.3 is 9.84 Å². The van der Waals surface area contributed by atoms with Crippen molar-refractivity contribution in [3.8, 4) is 5.75 Å². The average Bonchev–Trinajstić information content (AvgIpc) is 2.53. The molecule has 0 spiro atoms. The standard InChI is InChI=1S/C17H14ClNO2/c18-14-4-6-15(7-5-14)21-11-17(20)13-3-8-16-12(10-13)2-1-9-19-16/h1-10,17,20H,11H2. The molecule has 3 rings (SSSR count). The fourth-order valence-corrected chi connectivity index (χ4v) is 2.23. The Morgan fingerprint density at radius 2 is 1.90 bits per heavy atom. The Balaban J connectivity index is 1.71. The highest BCUT2D eigenvalue weighted by atomic mass is 35.5. The molecule has 3 nitrogen and oxygen atoms in total. The zero-order valence-electron chi connectivity index (χ0n) is 11.2. The van der Waals surface area contributed by atoms with Crippen LogP contribution in [-0.4, -0.2) is 16.7 Å². The maximum Gasteiger partial charge on any atom is 0.119 e. The molecule has 0 radical (unpaired) electrons. The smallest absolute Gasteiger partial charge is 0.119 e. The van der Waals surface area contributed by atoms with Crippen molar-refractivity contribution in [2.45, 2.75) is 6.10 Å². The van der Waals surface area contributed by atoms with E-state index in [4.69, 9.17) is 16.3 Å². The maximum absolute atomic E-state index is 10.2. The molecule has 1 unspecified atom stereocenters. The van der Waals surface area contributed by atoms with Crippen LogP contribution in [0.15, 0.2) is 60.8 Å². The summed E-state index contributed by atoms with van der Waals surface area (Å²) in [4.78, 5) is 4.26. The van der Waals surface area contributed by atoms with Gasteiger partial charge in [0.25, 0.3) is 0 Å². The number of aliphatic hydroxyl groups is 1. The van der Waals surface area contributed by atoms with E-state index >= 15 is 0 Å². The predicted octanol–water partition coefficient (Wildman–Crippen LogP) is 4.00. The molecule has 1 heterocycles. The first-order valence-electron chi connectivity index (χ1n) is 6.63. The van der Waals surface area contributed by atoms with Gasteiger partial charge in [0.05, 0.1) is 5.52 Å². The lowest BCUT2D eigenvalue weighted by atomic mass is 10.1. The lowest BCUT2D eigenvalue weighted by Gasteiger charge is -2.13. The molecule has 0 aliphatic heterocycles. The van der Waals surface area contributed by atoms with Gasteiger partial charge in [0.2, 0.25) is 0 Å². The van der Waals surface area contributed by atoms with E-state index < -0.39 is 6.10 Å². The van der Waals surface area contributed by atoms with E-state index in [1.807, 2.05) is 30.3 Å². The quantitative estimate of drug-likeness (QED) is 0.792. The van der Waals surface area contributed by atoms with Gasteiger partial charge in [-0.1, -0.05) is 23.7 Å². The van der Waals surface area contributed by atoms with Crippen LogP contribution in [0.4, 0.5) is 0 Å². The molecule has 0 bridgehead atoms. The summed E-state index contributed by atoms with van der Waals surface area (Å²) in [5.41, 5.74) is 1.72. The van der Waals surface area contributed by atoms with Crippen LogP contribution in [-0.2, 0) is 0 Å². The molecule has 0 aliphatic carbocycles. The number of hydrogen-bond acceptors (Lipinski definition) is 3. The highest BCUT2D eigenvalue weighted by Crippen LogP contribution is 2.21. The second-order valence-corrected chi connectivity index (χ2v) is 5.17. The van der Waals surface area contributed by atoms with E-state index in [1.54, 1.807) is 30.5 Å². The second kappa shape index (κ2) is 6.12.